The molecule has 0 bridgehead atoms. The van der Waals surface area contributed by atoms with Gasteiger partial charge in [0.05, 0.1) is 16.9 Å². The highest BCUT2D eigenvalue weighted by atomic mass is 35.5. The molecule has 4 nitrogen and oxygen atoms in total. The molecule has 4 aromatic rings. The van der Waals surface area contributed by atoms with E-state index in [0.717, 1.165) is 28.4 Å². The highest BCUT2D eigenvalue weighted by Gasteiger charge is 2.15. The SMILES string of the molecule is Clc1ccccc1Nc1c(-c2ccccc2)nc2cnccn12. The lowest BCUT2D eigenvalue weighted by atomic mass is 10.1. The fraction of sp³-hybridized carbons (Fsp3) is 0. The Balaban J connectivity index is 1.92. The number of halogens is 1. The number of nitrogens with zero attached hydrogens (tertiary/aromatic N) is 3. The van der Waals surface area contributed by atoms with Crippen LogP contribution in [0.25, 0.3) is 16.9 Å². The molecule has 0 amide bonds. The second kappa shape index (κ2) is 5.74. The monoisotopic (exact) mass is 320 g/mol. The molecule has 2 heterocycles. The molecule has 0 fully saturated rings. The first-order valence-electron chi connectivity index (χ1n) is 7.22. The van der Waals surface area contributed by atoms with Crippen molar-refractivity contribution in [1.82, 2.24) is 14.4 Å². The topological polar surface area (TPSA) is 42.2 Å². The van der Waals surface area contributed by atoms with Gasteiger partial charge in [-0.2, -0.15) is 0 Å². The largest absolute Gasteiger partial charge is 0.338 e. The lowest BCUT2D eigenvalue weighted by Crippen LogP contribution is -1.97. The number of fused-ring (bicyclic) bond motifs is 1. The Bertz CT molecular complexity index is 963. The Hall–Kier alpha value is -2.85. The molecule has 0 unspecified atom stereocenters. The summed E-state index contributed by atoms with van der Waals surface area (Å²) >= 11 is 6.29. The van der Waals surface area contributed by atoms with Crippen molar-refractivity contribution in [2.24, 2.45) is 0 Å². The summed E-state index contributed by atoms with van der Waals surface area (Å²) in [5.41, 5.74) is 3.51. The van der Waals surface area contributed by atoms with E-state index in [9.17, 15) is 0 Å². The van der Waals surface area contributed by atoms with Gasteiger partial charge in [-0.25, -0.2) is 4.98 Å². The number of hydrogen-bond acceptors (Lipinski definition) is 3. The van der Waals surface area contributed by atoms with Crippen molar-refractivity contribution in [3.8, 4) is 11.3 Å². The van der Waals surface area contributed by atoms with Gasteiger partial charge in [0.1, 0.15) is 11.5 Å². The zero-order chi connectivity index (χ0) is 15.6. The number of nitrogens with one attached hydrogen (secondary N) is 1. The normalized spacial score (nSPS) is 10.8. The van der Waals surface area contributed by atoms with E-state index in [1.54, 1.807) is 12.4 Å². The number of benzene rings is 2. The Kier molecular flexibility index (Phi) is 3.44. The Labute approximate surface area is 138 Å². The zero-order valence-electron chi connectivity index (χ0n) is 12.1. The second-order valence-corrected chi connectivity index (χ2v) is 5.49. The predicted octanol–water partition coefficient (Wildman–Crippen LogP) is 4.79. The van der Waals surface area contributed by atoms with Crippen molar-refractivity contribution in [2.75, 3.05) is 5.32 Å². The van der Waals surface area contributed by atoms with Crippen LogP contribution in [0.3, 0.4) is 0 Å². The van der Waals surface area contributed by atoms with Gasteiger partial charge in [0.25, 0.3) is 0 Å². The van der Waals surface area contributed by atoms with Crippen LogP contribution >= 0.6 is 11.6 Å². The average Bonchev–Trinajstić information content (AvgIpc) is 2.96. The Morgan fingerprint density at radius 1 is 0.957 bits per heavy atom. The molecule has 2 aromatic heterocycles. The van der Waals surface area contributed by atoms with Crippen molar-refractivity contribution < 1.29 is 0 Å². The minimum absolute atomic E-state index is 0.663. The molecule has 112 valence electrons. The van der Waals surface area contributed by atoms with Crippen LogP contribution in [0, 0.1) is 0 Å². The number of anilines is 2. The van der Waals surface area contributed by atoms with E-state index in [1.807, 2.05) is 65.2 Å². The van der Waals surface area contributed by atoms with Crippen LogP contribution in [0.4, 0.5) is 11.5 Å². The Morgan fingerprint density at radius 3 is 2.57 bits per heavy atom. The molecule has 0 aliphatic rings. The van der Waals surface area contributed by atoms with Gasteiger partial charge in [0, 0.05) is 18.0 Å². The Morgan fingerprint density at radius 2 is 1.74 bits per heavy atom. The lowest BCUT2D eigenvalue weighted by molar-refractivity contribution is 1.13. The number of para-hydroxylation sites is 1. The predicted molar refractivity (Wildman–Crippen MR) is 93.2 cm³/mol. The van der Waals surface area contributed by atoms with E-state index in [1.165, 1.54) is 0 Å². The van der Waals surface area contributed by atoms with E-state index in [2.05, 4.69) is 10.3 Å². The van der Waals surface area contributed by atoms with Gasteiger partial charge in [-0.15, -0.1) is 0 Å². The maximum Gasteiger partial charge on any atom is 0.157 e. The molecule has 0 radical (unpaired) electrons. The molecule has 0 saturated heterocycles. The summed E-state index contributed by atoms with van der Waals surface area (Å²) in [4.78, 5) is 8.85. The van der Waals surface area contributed by atoms with Crippen molar-refractivity contribution >= 4 is 28.8 Å². The molecular weight excluding hydrogens is 308 g/mol. The molecule has 0 atom stereocenters. The van der Waals surface area contributed by atoms with Gasteiger partial charge in [-0.3, -0.25) is 9.38 Å². The molecule has 5 heteroatoms. The van der Waals surface area contributed by atoms with Gasteiger partial charge in [-0.1, -0.05) is 54.1 Å². The molecule has 23 heavy (non-hydrogen) atoms. The number of rotatable bonds is 3. The van der Waals surface area contributed by atoms with Gasteiger partial charge < -0.3 is 5.32 Å². The van der Waals surface area contributed by atoms with Crippen molar-refractivity contribution in [2.45, 2.75) is 0 Å². The summed E-state index contributed by atoms with van der Waals surface area (Å²) in [7, 11) is 0. The molecule has 4 rings (SSSR count). The molecule has 0 saturated carbocycles. The average molecular weight is 321 g/mol. The zero-order valence-corrected chi connectivity index (χ0v) is 12.9. The van der Waals surface area contributed by atoms with Crippen LogP contribution in [-0.4, -0.2) is 14.4 Å². The summed E-state index contributed by atoms with van der Waals surface area (Å²) in [5.74, 6) is 0.863. The summed E-state index contributed by atoms with van der Waals surface area (Å²) < 4.78 is 1.97. The van der Waals surface area contributed by atoms with Crippen molar-refractivity contribution in [3.05, 3.63) is 78.2 Å². The van der Waals surface area contributed by atoms with Crippen LogP contribution in [0.15, 0.2) is 73.2 Å². The van der Waals surface area contributed by atoms with Crippen molar-refractivity contribution in [3.63, 3.8) is 0 Å². The number of aromatic nitrogens is 3. The maximum atomic E-state index is 6.29. The van der Waals surface area contributed by atoms with Crippen molar-refractivity contribution in [1.29, 1.82) is 0 Å². The van der Waals surface area contributed by atoms with E-state index >= 15 is 0 Å². The van der Waals surface area contributed by atoms with Gasteiger partial charge in [-0.05, 0) is 12.1 Å². The molecule has 0 aliphatic carbocycles. The van der Waals surface area contributed by atoms with Gasteiger partial charge >= 0.3 is 0 Å². The minimum atomic E-state index is 0.663. The molecular formula is C18H13ClN4. The van der Waals surface area contributed by atoms with Crippen LogP contribution < -0.4 is 5.32 Å². The first-order valence-corrected chi connectivity index (χ1v) is 7.60. The second-order valence-electron chi connectivity index (χ2n) is 5.08. The minimum Gasteiger partial charge on any atom is -0.338 e. The smallest absolute Gasteiger partial charge is 0.157 e. The highest BCUT2D eigenvalue weighted by molar-refractivity contribution is 6.33. The van der Waals surface area contributed by atoms with Crippen LogP contribution in [0.1, 0.15) is 0 Å². The lowest BCUT2D eigenvalue weighted by Gasteiger charge is -2.10. The van der Waals surface area contributed by atoms with E-state index in [-0.39, 0.29) is 0 Å². The third kappa shape index (κ3) is 2.53. The first-order chi connectivity index (χ1) is 11.3. The van der Waals surface area contributed by atoms with Gasteiger partial charge in [0.15, 0.2) is 5.65 Å². The quantitative estimate of drug-likeness (QED) is 0.590. The molecule has 0 spiro atoms. The van der Waals surface area contributed by atoms with Crippen LogP contribution in [0.2, 0.25) is 5.02 Å². The van der Waals surface area contributed by atoms with E-state index in [0.29, 0.717) is 5.02 Å². The fourth-order valence-corrected chi connectivity index (χ4v) is 2.70. The first kappa shape index (κ1) is 13.8. The maximum absolute atomic E-state index is 6.29. The van der Waals surface area contributed by atoms with Gasteiger partial charge in [0.2, 0.25) is 0 Å². The molecule has 1 N–H and O–H groups in total. The summed E-state index contributed by atoms with van der Waals surface area (Å²) in [6.45, 7) is 0. The summed E-state index contributed by atoms with van der Waals surface area (Å²) in [6, 6.07) is 17.7. The van der Waals surface area contributed by atoms with E-state index < -0.39 is 0 Å². The third-order valence-corrected chi connectivity index (χ3v) is 3.93. The molecule has 2 aromatic carbocycles. The third-order valence-electron chi connectivity index (χ3n) is 3.60. The summed E-state index contributed by atoms with van der Waals surface area (Å²) in [6.07, 6.45) is 5.36. The molecule has 0 aliphatic heterocycles. The standard InChI is InChI=1S/C18H13ClN4/c19-14-8-4-5-9-15(14)21-18-17(13-6-2-1-3-7-13)22-16-12-20-10-11-23(16)18/h1-12,21H. The number of imidazole rings is 1. The van der Waals surface area contributed by atoms with E-state index in [4.69, 9.17) is 16.6 Å². The highest BCUT2D eigenvalue weighted by Crippen LogP contribution is 2.32. The fourth-order valence-electron chi connectivity index (χ4n) is 2.51. The van der Waals surface area contributed by atoms with Crippen LogP contribution in [0.5, 0.6) is 0 Å². The van der Waals surface area contributed by atoms with Crippen LogP contribution in [-0.2, 0) is 0 Å². The number of hydrogen-bond donors (Lipinski definition) is 1. The summed E-state index contributed by atoms with van der Waals surface area (Å²) in [5, 5.41) is 4.07.